The van der Waals surface area contributed by atoms with E-state index in [0.29, 0.717) is 35.1 Å². The molecule has 0 radical (unpaired) electrons. The van der Waals surface area contributed by atoms with E-state index in [9.17, 15) is 4.79 Å². The molecule has 2 heterocycles. The van der Waals surface area contributed by atoms with E-state index in [2.05, 4.69) is 10.4 Å². The highest BCUT2D eigenvalue weighted by molar-refractivity contribution is 5.95. The van der Waals surface area contributed by atoms with E-state index in [-0.39, 0.29) is 11.9 Å². The van der Waals surface area contributed by atoms with E-state index < -0.39 is 0 Å². The Morgan fingerprint density at radius 1 is 1.14 bits per heavy atom. The van der Waals surface area contributed by atoms with Gasteiger partial charge in [0.25, 0.3) is 5.91 Å². The summed E-state index contributed by atoms with van der Waals surface area (Å²) < 4.78 is 23.4. The van der Waals surface area contributed by atoms with Gasteiger partial charge in [0.15, 0.2) is 11.5 Å². The van der Waals surface area contributed by atoms with E-state index in [1.807, 2.05) is 36.7 Å². The predicted octanol–water partition coefficient (Wildman–Crippen LogP) is 3.14. The average molecular weight is 399 g/mol. The van der Waals surface area contributed by atoms with Gasteiger partial charge in [0, 0.05) is 17.8 Å². The van der Waals surface area contributed by atoms with Crippen LogP contribution in [0.1, 0.15) is 33.5 Å². The predicted molar refractivity (Wildman–Crippen MR) is 107 cm³/mol. The Labute approximate surface area is 169 Å². The van der Waals surface area contributed by atoms with Gasteiger partial charge in [-0.05, 0) is 44.2 Å². The fourth-order valence-corrected chi connectivity index (χ4v) is 3.25. The summed E-state index contributed by atoms with van der Waals surface area (Å²) >= 11 is 0. The SMILES string of the molecule is COc1cc(C(=O)NCC(c2ccco2)n2nc(C)cc2C)cc(OC)c1OC. The molecule has 0 saturated carbocycles. The number of carbonyl (C=O) groups is 1. The number of ether oxygens (including phenoxy) is 3. The number of nitrogens with one attached hydrogen (secondary N) is 1. The van der Waals surface area contributed by atoms with Gasteiger partial charge in [-0.1, -0.05) is 0 Å². The van der Waals surface area contributed by atoms with Crippen molar-refractivity contribution in [3.8, 4) is 17.2 Å². The summed E-state index contributed by atoms with van der Waals surface area (Å²) in [5, 5.41) is 7.49. The van der Waals surface area contributed by atoms with Gasteiger partial charge in [-0.2, -0.15) is 5.10 Å². The molecule has 29 heavy (non-hydrogen) atoms. The van der Waals surface area contributed by atoms with E-state index >= 15 is 0 Å². The van der Waals surface area contributed by atoms with E-state index in [1.54, 1.807) is 18.4 Å². The highest BCUT2D eigenvalue weighted by Gasteiger charge is 2.22. The summed E-state index contributed by atoms with van der Waals surface area (Å²) in [5.41, 5.74) is 2.27. The molecule has 1 amide bonds. The Morgan fingerprint density at radius 2 is 1.83 bits per heavy atom. The highest BCUT2D eigenvalue weighted by atomic mass is 16.5. The molecule has 1 unspecified atom stereocenters. The molecule has 0 saturated heterocycles. The van der Waals surface area contributed by atoms with Crippen LogP contribution in [0.3, 0.4) is 0 Å². The topological polar surface area (TPSA) is 87.8 Å². The largest absolute Gasteiger partial charge is 0.493 e. The first-order valence-corrected chi connectivity index (χ1v) is 9.12. The summed E-state index contributed by atoms with van der Waals surface area (Å²) in [6.07, 6.45) is 1.61. The van der Waals surface area contributed by atoms with Gasteiger partial charge in [0.2, 0.25) is 5.75 Å². The zero-order valence-electron chi connectivity index (χ0n) is 17.2. The van der Waals surface area contributed by atoms with Crippen LogP contribution in [0.4, 0.5) is 0 Å². The molecule has 0 aliphatic carbocycles. The summed E-state index contributed by atoms with van der Waals surface area (Å²) in [5.74, 6) is 1.70. The molecule has 8 heteroatoms. The fourth-order valence-electron chi connectivity index (χ4n) is 3.25. The van der Waals surface area contributed by atoms with Crippen molar-refractivity contribution in [1.29, 1.82) is 0 Å². The maximum Gasteiger partial charge on any atom is 0.251 e. The van der Waals surface area contributed by atoms with Crippen LogP contribution in [0.5, 0.6) is 17.2 Å². The first-order valence-electron chi connectivity index (χ1n) is 9.12. The van der Waals surface area contributed by atoms with Crippen molar-refractivity contribution in [1.82, 2.24) is 15.1 Å². The maximum atomic E-state index is 12.9. The second-order valence-electron chi connectivity index (χ2n) is 6.53. The van der Waals surface area contributed by atoms with Crippen LogP contribution in [0.15, 0.2) is 41.0 Å². The zero-order valence-corrected chi connectivity index (χ0v) is 17.2. The van der Waals surface area contributed by atoms with E-state index in [4.69, 9.17) is 18.6 Å². The number of methoxy groups -OCH3 is 3. The normalized spacial score (nSPS) is 11.8. The van der Waals surface area contributed by atoms with Crippen LogP contribution in [-0.4, -0.2) is 43.6 Å². The van der Waals surface area contributed by atoms with Crippen LogP contribution in [0, 0.1) is 13.8 Å². The lowest BCUT2D eigenvalue weighted by Gasteiger charge is -2.19. The lowest BCUT2D eigenvalue weighted by Crippen LogP contribution is -2.32. The van der Waals surface area contributed by atoms with Gasteiger partial charge in [0.05, 0.1) is 33.3 Å². The Balaban J connectivity index is 1.85. The molecule has 8 nitrogen and oxygen atoms in total. The number of aromatic nitrogens is 2. The fraction of sp³-hybridized carbons (Fsp3) is 0.333. The Morgan fingerprint density at radius 3 is 2.31 bits per heavy atom. The standard InChI is InChI=1S/C21H25N3O5/c1-13-9-14(2)24(23-13)16(17-7-6-8-29-17)12-22-21(25)15-10-18(26-3)20(28-5)19(11-15)27-4/h6-11,16H,12H2,1-5H3,(H,22,25). The lowest BCUT2D eigenvalue weighted by molar-refractivity contribution is 0.0947. The maximum absolute atomic E-state index is 12.9. The van der Waals surface area contributed by atoms with Crippen LogP contribution in [0.25, 0.3) is 0 Å². The Bertz CT molecular complexity index is 953. The molecular formula is C21H25N3O5. The van der Waals surface area contributed by atoms with Gasteiger partial charge in [-0.15, -0.1) is 0 Å². The molecular weight excluding hydrogens is 374 g/mol. The van der Waals surface area contributed by atoms with Gasteiger partial charge >= 0.3 is 0 Å². The molecule has 0 aliphatic heterocycles. The number of hydrogen-bond donors (Lipinski definition) is 1. The van der Waals surface area contributed by atoms with Crippen LogP contribution >= 0.6 is 0 Å². The molecule has 2 aromatic heterocycles. The first-order chi connectivity index (χ1) is 14.0. The zero-order chi connectivity index (χ0) is 21.0. The molecule has 1 atom stereocenters. The van der Waals surface area contributed by atoms with E-state index in [0.717, 1.165) is 11.4 Å². The number of rotatable bonds is 8. The number of aryl methyl sites for hydroxylation is 2. The smallest absolute Gasteiger partial charge is 0.251 e. The Kier molecular flexibility index (Phi) is 6.11. The molecule has 0 bridgehead atoms. The minimum atomic E-state index is -0.276. The summed E-state index contributed by atoms with van der Waals surface area (Å²) in [6.45, 7) is 4.19. The number of carbonyl (C=O) groups excluding carboxylic acids is 1. The first kappa shape index (κ1) is 20.3. The van der Waals surface area contributed by atoms with Crippen LogP contribution < -0.4 is 19.5 Å². The quantitative estimate of drug-likeness (QED) is 0.626. The molecule has 0 spiro atoms. The van der Waals surface area contributed by atoms with Crippen molar-refractivity contribution in [3.05, 3.63) is 59.3 Å². The second-order valence-corrected chi connectivity index (χ2v) is 6.53. The molecule has 1 N–H and O–H groups in total. The van der Waals surface area contributed by atoms with Gasteiger partial charge in [-0.25, -0.2) is 0 Å². The average Bonchev–Trinajstić information content (AvgIpc) is 3.36. The highest BCUT2D eigenvalue weighted by Crippen LogP contribution is 2.38. The van der Waals surface area contributed by atoms with Crippen molar-refractivity contribution in [2.45, 2.75) is 19.9 Å². The summed E-state index contributed by atoms with van der Waals surface area (Å²) in [4.78, 5) is 12.9. The molecule has 154 valence electrons. The second kappa shape index (κ2) is 8.72. The molecule has 0 fully saturated rings. The number of furan rings is 1. The van der Waals surface area contributed by atoms with Crippen LogP contribution in [-0.2, 0) is 0 Å². The minimum Gasteiger partial charge on any atom is -0.493 e. The monoisotopic (exact) mass is 399 g/mol. The third-order valence-corrected chi connectivity index (χ3v) is 4.59. The van der Waals surface area contributed by atoms with Gasteiger partial charge in [0.1, 0.15) is 11.8 Å². The van der Waals surface area contributed by atoms with Crippen molar-refractivity contribution in [2.75, 3.05) is 27.9 Å². The number of nitrogens with zero attached hydrogens (tertiary/aromatic N) is 2. The number of hydrogen-bond acceptors (Lipinski definition) is 6. The third kappa shape index (κ3) is 4.21. The summed E-state index contributed by atoms with van der Waals surface area (Å²) in [6, 6.07) is 8.62. The third-order valence-electron chi connectivity index (χ3n) is 4.59. The van der Waals surface area contributed by atoms with Gasteiger partial charge < -0.3 is 23.9 Å². The van der Waals surface area contributed by atoms with Crippen molar-refractivity contribution < 1.29 is 23.4 Å². The Hall–Kier alpha value is -3.42. The molecule has 1 aromatic carbocycles. The van der Waals surface area contributed by atoms with Crippen molar-refractivity contribution in [2.24, 2.45) is 0 Å². The molecule has 0 aliphatic rings. The van der Waals surface area contributed by atoms with Gasteiger partial charge in [-0.3, -0.25) is 9.48 Å². The molecule has 3 aromatic rings. The van der Waals surface area contributed by atoms with Crippen molar-refractivity contribution >= 4 is 5.91 Å². The molecule has 3 rings (SSSR count). The number of benzene rings is 1. The van der Waals surface area contributed by atoms with Crippen LogP contribution in [0.2, 0.25) is 0 Å². The number of amides is 1. The minimum absolute atomic E-state index is 0.273. The summed E-state index contributed by atoms with van der Waals surface area (Å²) in [7, 11) is 4.53. The van der Waals surface area contributed by atoms with Crippen molar-refractivity contribution in [3.63, 3.8) is 0 Å². The lowest BCUT2D eigenvalue weighted by atomic mass is 10.1. The van der Waals surface area contributed by atoms with E-state index in [1.165, 1.54) is 21.3 Å².